The number of hydrogen-bond donors (Lipinski definition) is 1. The third kappa shape index (κ3) is 3.56. The number of hydrogen-bond acceptors (Lipinski definition) is 1. The quantitative estimate of drug-likeness (QED) is 0.836. The second-order valence-corrected chi connectivity index (χ2v) is 6.43. The highest BCUT2D eigenvalue weighted by Crippen LogP contribution is 2.47. The lowest BCUT2D eigenvalue weighted by Crippen LogP contribution is -2.35. The summed E-state index contributed by atoms with van der Waals surface area (Å²) in [6, 6.07) is 8.74. The maximum Gasteiger partial charge on any atom is 0.0177 e. The van der Waals surface area contributed by atoms with Crippen LogP contribution in [-0.4, -0.2) is 13.1 Å². The zero-order chi connectivity index (χ0) is 12.3. The third-order valence-corrected chi connectivity index (χ3v) is 4.33. The second-order valence-electron chi connectivity index (χ2n) is 5.52. The smallest absolute Gasteiger partial charge is 0.0177 e. The van der Waals surface area contributed by atoms with Gasteiger partial charge in [0, 0.05) is 11.0 Å². The van der Waals surface area contributed by atoms with Crippen molar-refractivity contribution in [1.29, 1.82) is 0 Å². The Bertz CT molecular complexity index is 373. The van der Waals surface area contributed by atoms with Crippen LogP contribution in [0.1, 0.15) is 32.3 Å². The SMILES string of the molecule is CCNCC(C)(Cc1cccc(Br)c1)C1CC1. The molecule has 0 bridgehead atoms. The molecule has 0 heterocycles. The van der Waals surface area contributed by atoms with Crippen LogP contribution in [0, 0.1) is 11.3 Å². The van der Waals surface area contributed by atoms with E-state index in [1.807, 2.05) is 0 Å². The van der Waals surface area contributed by atoms with Crippen LogP contribution in [0.5, 0.6) is 0 Å². The van der Waals surface area contributed by atoms with Gasteiger partial charge in [-0.05, 0) is 54.8 Å². The fraction of sp³-hybridized carbons (Fsp3) is 0.600. The van der Waals surface area contributed by atoms with E-state index in [-0.39, 0.29) is 0 Å². The Kier molecular flexibility index (Phi) is 4.26. The highest BCUT2D eigenvalue weighted by atomic mass is 79.9. The standard InChI is InChI=1S/C15H22BrN/c1-3-17-11-15(2,13-7-8-13)10-12-5-4-6-14(16)9-12/h4-6,9,13,17H,3,7-8,10-11H2,1-2H3. The Balaban J connectivity index is 2.06. The minimum Gasteiger partial charge on any atom is -0.316 e. The summed E-state index contributed by atoms with van der Waals surface area (Å²) >= 11 is 3.56. The molecule has 0 aliphatic heterocycles. The molecule has 1 aromatic rings. The molecular weight excluding hydrogens is 274 g/mol. The van der Waals surface area contributed by atoms with Crippen molar-refractivity contribution in [3.63, 3.8) is 0 Å². The van der Waals surface area contributed by atoms with Gasteiger partial charge < -0.3 is 5.32 Å². The van der Waals surface area contributed by atoms with E-state index >= 15 is 0 Å². The maximum absolute atomic E-state index is 3.56. The molecule has 94 valence electrons. The van der Waals surface area contributed by atoms with Crippen molar-refractivity contribution in [2.75, 3.05) is 13.1 Å². The molecule has 1 N–H and O–H groups in total. The lowest BCUT2D eigenvalue weighted by molar-refractivity contribution is 0.258. The molecule has 0 aromatic heterocycles. The molecule has 2 rings (SSSR count). The lowest BCUT2D eigenvalue weighted by atomic mass is 9.79. The first-order valence-corrected chi connectivity index (χ1v) is 7.38. The van der Waals surface area contributed by atoms with Crippen LogP contribution in [0.15, 0.2) is 28.7 Å². The third-order valence-electron chi connectivity index (χ3n) is 3.84. The van der Waals surface area contributed by atoms with Gasteiger partial charge in [0.05, 0.1) is 0 Å². The Morgan fingerprint density at radius 2 is 2.18 bits per heavy atom. The van der Waals surface area contributed by atoms with E-state index in [1.54, 1.807) is 0 Å². The van der Waals surface area contributed by atoms with Crippen LogP contribution in [0.25, 0.3) is 0 Å². The minimum absolute atomic E-state index is 0.427. The summed E-state index contributed by atoms with van der Waals surface area (Å²) in [5, 5.41) is 3.53. The predicted octanol–water partition coefficient (Wildman–Crippen LogP) is 4.02. The number of halogens is 1. The Morgan fingerprint density at radius 1 is 1.41 bits per heavy atom. The van der Waals surface area contributed by atoms with E-state index in [0.29, 0.717) is 5.41 Å². The first kappa shape index (κ1) is 13.1. The van der Waals surface area contributed by atoms with Gasteiger partial charge in [-0.2, -0.15) is 0 Å². The fourth-order valence-corrected chi connectivity index (χ4v) is 3.10. The average molecular weight is 296 g/mol. The van der Waals surface area contributed by atoms with E-state index in [2.05, 4.69) is 59.4 Å². The average Bonchev–Trinajstić information content (AvgIpc) is 3.10. The predicted molar refractivity (Wildman–Crippen MR) is 77.2 cm³/mol. The molecule has 1 saturated carbocycles. The van der Waals surface area contributed by atoms with Crippen LogP contribution < -0.4 is 5.32 Å². The van der Waals surface area contributed by atoms with Gasteiger partial charge >= 0.3 is 0 Å². The van der Waals surface area contributed by atoms with Gasteiger partial charge in [-0.25, -0.2) is 0 Å². The zero-order valence-corrected chi connectivity index (χ0v) is 12.4. The molecule has 0 spiro atoms. The number of benzene rings is 1. The molecule has 1 fully saturated rings. The normalized spacial score (nSPS) is 19.0. The van der Waals surface area contributed by atoms with E-state index in [4.69, 9.17) is 0 Å². The van der Waals surface area contributed by atoms with Gasteiger partial charge in [0.1, 0.15) is 0 Å². The molecule has 1 atom stereocenters. The van der Waals surface area contributed by atoms with Crippen molar-refractivity contribution in [1.82, 2.24) is 5.32 Å². The summed E-state index contributed by atoms with van der Waals surface area (Å²) in [7, 11) is 0. The van der Waals surface area contributed by atoms with Crippen molar-refractivity contribution in [2.45, 2.75) is 33.1 Å². The van der Waals surface area contributed by atoms with Gasteiger partial charge in [-0.3, -0.25) is 0 Å². The zero-order valence-electron chi connectivity index (χ0n) is 10.8. The molecule has 2 heteroatoms. The molecule has 0 amide bonds. The van der Waals surface area contributed by atoms with Crippen molar-refractivity contribution in [3.05, 3.63) is 34.3 Å². The molecule has 17 heavy (non-hydrogen) atoms. The Labute approximate surface area is 113 Å². The molecule has 1 aliphatic rings. The van der Waals surface area contributed by atoms with Crippen molar-refractivity contribution >= 4 is 15.9 Å². The number of rotatable bonds is 6. The van der Waals surface area contributed by atoms with E-state index in [1.165, 1.54) is 29.3 Å². The van der Waals surface area contributed by atoms with Crippen molar-refractivity contribution < 1.29 is 0 Å². The van der Waals surface area contributed by atoms with Crippen molar-refractivity contribution in [3.8, 4) is 0 Å². The van der Waals surface area contributed by atoms with Gasteiger partial charge in [-0.1, -0.05) is 41.9 Å². The van der Waals surface area contributed by atoms with Gasteiger partial charge in [0.15, 0.2) is 0 Å². The first-order chi connectivity index (χ1) is 8.14. The topological polar surface area (TPSA) is 12.0 Å². The minimum atomic E-state index is 0.427. The van der Waals surface area contributed by atoms with Crippen molar-refractivity contribution in [2.24, 2.45) is 11.3 Å². The van der Waals surface area contributed by atoms with Crippen LogP contribution in [-0.2, 0) is 6.42 Å². The highest BCUT2D eigenvalue weighted by Gasteiger charge is 2.40. The summed E-state index contributed by atoms with van der Waals surface area (Å²) in [5.74, 6) is 0.917. The highest BCUT2D eigenvalue weighted by molar-refractivity contribution is 9.10. The van der Waals surface area contributed by atoms with E-state index in [0.717, 1.165) is 19.0 Å². The Morgan fingerprint density at radius 3 is 2.76 bits per heavy atom. The van der Waals surface area contributed by atoms with E-state index < -0.39 is 0 Å². The largest absolute Gasteiger partial charge is 0.316 e. The molecule has 1 aliphatic carbocycles. The maximum atomic E-state index is 3.56. The molecule has 1 aromatic carbocycles. The van der Waals surface area contributed by atoms with Crippen LogP contribution in [0.3, 0.4) is 0 Å². The van der Waals surface area contributed by atoms with Crippen LogP contribution in [0.4, 0.5) is 0 Å². The lowest BCUT2D eigenvalue weighted by Gasteiger charge is -2.30. The van der Waals surface area contributed by atoms with E-state index in [9.17, 15) is 0 Å². The summed E-state index contributed by atoms with van der Waals surface area (Å²) in [4.78, 5) is 0. The summed E-state index contributed by atoms with van der Waals surface area (Å²) in [6.07, 6.45) is 4.01. The summed E-state index contributed by atoms with van der Waals surface area (Å²) in [6.45, 7) is 6.84. The summed E-state index contributed by atoms with van der Waals surface area (Å²) in [5.41, 5.74) is 1.88. The van der Waals surface area contributed by atoms with Gasteiger partial charge in [0.2, 0.25) is 0 Å². The first-order valence-electron chi connectivity index (χ1n) is 6.59. The van der Waals surface area contributed by atoms with Gasteiger partial charge in [-0.15, -0.1) is 0 Å². The molecule has 0 radical (unpaired) electrons. The molecule has 1 unspecified atom stereocenters. The monoisotopic (exact) mass is 295 g/mol. The Hall–Kier alpha value is -0.340. The fourth-order valence-electron chi connectivity index (χ4n) is 2.66. The summed E-state index contributed by atoms with van der Waals surface area (Å²) < 4.78 is 1.19. The van der Waals surface area contributed by atoms with Gasteiger partial charge in [0.25, 0.3) is 0 Å². The molecule has 1 nitrogen and oxygen atoms in total. The second kappa shape index (κ2) is 5.53. The number of nitrogens with one attached hydrogen (secondary N) is 1. The van der Waals surface area contributed by atoms with Crippen LogP contribution >= 0.6 is 15.9 Å². The van der Waals surface area contributed by atoms with Crippen LogP contribution in [0.2, 0.25) is 0 Å². The molecular formula is C15H22BrN. The molecule has 0 saturated heterocycles.